The number of aromatic nitrogens is 1. The van der Waals surface area contributed by atoms with Gasteiger partial charge in [-0.25, -0.2) is 4.39 Å². The van der Waals surface area contributed by atoms with E-state index in [1.54, 1.807) is 0 Å². The van der Waals surface area contributed by atoms with Gasteiger partial charge in [-0.3, -0.25) is 14.6 Å². The number of primary amides is 1. The van der Waals surface area contributed by atoms with Gasteiger partial charge in [-0.15, -0.1) is 0 Å². The Morgan fingerprint density at radius 2 is 2.10 bits per heavy atom. The lowest BCUT2D eigenvalue weighted by Crippen LogP contribution is -2.14. The standard InChI is InChI=1S/C14H10ClFN2O2/c15-9-1-2-11(13(16)3-9)12-4-10(5-14(17)20)18-6-8(12)7-19/h1-4,6-7H,5H2,(H2,17,20). The van der Waals surface area contributed by atoms with Crippen molar-refractivity contribution in [2.45, 2.75) is 6.42 Å². The van der Waals surface area contributed by atoms with Gasteiger partial charge in [0.2, 0.25) is 5.91 Å². The van der Waals surface area contributed by atoms with Gasteiger partial charge in [-0.1, -0.05) is 11.6 Å². The molecular weight excluding hydrogens is 283 g/mol. The van der Waals surface area contributed by atoms with E-state index >= 15 is 0 Å². The number of nitrogens with two attached hydrogens (primary N) is 1. The second kappa shape index (κ2) is 5.79. The lowest BCUT2D eigenvalue weighted by atomic mass is 10.00. The molecule has 0 saturated heterocycles. The minimum Gasteiger partial charge on any atom is -0.369 e. The maximum absolute atomic E-state index is 13.9. The van der Waals surface area contributed by atoms with Crippen LogP contribution >= 0.6 is 11.6 Å². The molecule has 4 nitrogen and oxygen atoms in total. The van der Waals surface area contributed by atoms with Crippen LogP contribution in [-0.4, -0.2) is 17.2 Å². The molecule has 1 amide bonds. The zero-order valence-corrected chi connectivity index (χ0v) is 11.0. The minimum absolute atomic E-state index is 0.0820. The molecule has 2 N–H and O–H groups in total. The van der Waals surface area contributed by atoms with E-state index in [1.807, 2.05) is 0 Å². The summed E-state index contributed by atoms with van der Waals surface area (Å²) in [5, 5.41) is 0.255. The highest BCUT2D eigenvalue weighted by Gasteiger charge is 2.12. The number of hydrogen-bond acceptors (Lipinski definition) is 3. The number of hydrogen-bond donors (Lipinski definition) is 1. The molecule has 0 bridgehead atoms. The van der Waals surface area contributed by atoms with Gasteiger partial charge in [-0.05, 0) is 29.8 Å². The van der Waals surface area contributed by atoms with Crippen LogP contribution in [0.15, 0.2) is 30.5 Å². The summed E-state index contributed by atoms with van der Waals surface area (Å²) < 4.78 is 13.9. The van der Waals surface area contributed by atoms with Crippen molar-refractivity contribution in [2.75, 3.05) is 0 Å². The zero-order chi connectivity index (χ0) is 14.7. The molecule has 0 aliphatic rings. The van der Waals surface area contributed by atoms with Crippen LogP contribution in [0.3, 0.4) is 0 Å². The summed E-state index contributed by atoms with van der Waals surface area (Å²) in [5.74, 6) is -1.12. The predicted molar refractivity (Wildman–Crippen MR) is 72.9 cm³/mol. The third kappa shape index (κ3) is 3.00. The largest absolute Gasteiger partial charge is 0.369 e. The van der Waals surface area contributed by atoms with E-state index in [0.717, 1.165) is 6.07 Å². The van der Waals surface area contributed by atoms with Crippen LogP contribution in [0.5, 0.6) is 0 Å². The van der Waals surface area contributed by atoms with E-state index < -0.39 is 11.7 Å². The van der Waals surface area contributed by atoms with Gasteiger partial charge in [0.05, 0.1) is 12.1 Å². The number of halogens is 2. The summed E-state index contributed by atoms with van der Waals surface area (Å²) in [5.41, 5.74) is 6.24. The molecule has 1 aromatic carbocycles. The number of amides is 1. The minimum atomic E-state index is -0.558. The fraction of sp³-hybridized carbons (Fsp3) is 0.0714. The summed E-state index contributed by atoms with van der Waals surface area (Å²) in [6.45, 7) is 0. The Hall–Kier alpha value is -2.27. The average Bonchev–Trinajstić information content (AvgIpc) is 2.38. The van der Waals surface area contributed by atoms with Gasteiger partial charge in [0.1, 0.15) is 5.82 Å². The van der Waals surface area contributed by atoms with Crippen LogP contribution in [0.2, 0.25) is 5.02 Å². The van der Waals surface area contributed by atoms with Gasteiger partial charge in [0.15, 0.2) is 6.29 Å². The molecule has 0 aliphatic heterocycles. The summed E-state index contributed by atoms with van der Waals surface area (Å²) >= 11 is 5.70. The molecule has 0 unspecified atom stereocenters. The molecule has 0 spiro atoms. The van der Waals surface area contributed by atoms with E-state index in [-0.39, 0.29) is 22.6 Å². The molecule has 0 fully saturated rings. The third-order valence-corrected chi connectivity index (χ3v) is 2.93. The lowest BCUT2D eigenvalue weighted by molar-refractivity contribution is -0.117. The number of carbonyl (C=O) groups is 2. The van der Waals surface area contributed by atoms with Crippen molar-refractivity contribution in [3.8, 4) is 11.1 Å². The van der Waals surface area contributed by atoms with Crippen molar-refractivity contribution in [2.24, 2.45) is 5.73 Å². The molecular formula is C14H10ClFN2O2. The van der Waals surface area contributed by atoms with Crippen LogP contribution < -0.4 is 5.73 Å². The molecule has 0 aliphatic carbocycles. The Kier molecular flexibility index (Phi) is 4.10. The van der Waals surface area contributed by atoms with Gasteiger partial charge in [-0.2, -0.15) is 0 Å². The molecule has 2 aromatic rings. The van der Waals surface area contributed by atoms with Crippen molar-refractivity contribution < 1.29 is 14.0 Å². The number of aldehydes is 1. The smallest absolute Gasteiger partial charge is 0.223 e. The highest BCUT2D eigenvalue weighted by atomic mass is 35.5. The first-order valence-corrected chi connectivity index (χ1v) is 6.07. The lowest BCUT2D eigenvalue weighted by Gasteiger charge is -2.08. The average molecular weight is 293 g/mol. The van der Waals surface area contributed by atoms with Crippen molar-refractivity contribution in [1.29, 1.82) is 0 Å². The Labute approximate surface area is 119 Å². The molecule has 2 rings (SSSR count). The first-order chi connectivity index (χ1) is 9.51. The molecule has 6 heteroatoms. The molecule has 20 heavy (non-hydrogen) atoms. The van der Waals surface area contributed by atoms with Gasteiger partial charge in [0, 0.05) is 22.3 Å². The van der Waals surface area contributed by atoms with Crippen LogP contribution in [-0.2, 0) is 11.2 Å². The van der Waals surface area contributed by atoms with Crippen molar-refractivity contribution in [1.82, 2.24) is 4.98 Å². The van der Waals surface area contributed by atoms with E-state index in [0.29, 0.717) is 17.5 Å². The van der Waals surface area contributed by atoms with Gasteiger partial charge < -0.3 is 5.73 Å². The first-order valence-electron chi connectivity index (χ1n) is 5.69. The second-order valence-electron chi connectivity index (χ2n) is 4.15. The monoisotopic (exact) mass is 292 g/mol. The summed E-state index contributed by atoms with van der Waals surface area (Å²) in [6.07, 6.45) is 1.78. The Morgan fingerprint density at radius 3 is 2.70 bits per heavy atom. The van der Waals surface area contributed by atoms with E-state index in [1.165, 1.54) is 24.4 Å². The highest BCUT2D eigenvalue weighted by Crippen LogP contribution is 2.28. The number of pyridine rings is 1. The van der Waals surface area contributed by atoms with Crippen LogP contribution in [0.1, 0.15) is 16.1 Å². The zero-order valence-electron chi connectivity index (χ0n) is 10.3. The number of nitrogens with zero attached hydrogens (tertiary/aromatic N) is 1. The first kappa shape index (κ1) is 14.1. The van der Waals surface area contributed by atoms with Crippen molar-refractivity contribution in [3.05, 3.63) is 52.6 Å². The normalized spacial score (nSPS) is 10.3. The second-order valence-corrected chi connectivity index (χ2v) is 4.58. The number of rotatable bonds is 4. The van der Waals surface area contributed by atoms with Crippen molar-refractivity contribution in [3.63, 3.8) is 0 Å². The van der Waals surface area contributed by atoms with E-state index in [2.05, 4.69) is 4.98 Å². The maximum Gasteiger partial charge on any atom is 0.223 e. The topological polar surface area (TPSA) is 73.1 Å². The van der Waals surface area contributed by atoms with Crippen LogP contribution in [0.4, 0.5) is 4.39 Å². The third-order valence-electron chi connectivity index (χ3n) is 2.70. The summed E-state index contributed by atoms with van der Waals surface area (Å²) in [4.78, 5) is 25.9. The van der Waals surface area contributed by atoms with Crippen LogP contribution in [0, 0.1) is 5.82 Å². The molecule has 0 saturated carbocycles. The van der Waals surface area contributed by atoms with Gasteiger partial charge >= 0.3 is 0 Å². The highest BCUT2D eigenvalue weighted by molar-refractivity contribution is 6.30. The fourth-order valence-electron chi connectivity index (χ4n) is 1.82. The summed E-state index contributed by atoms with van der Waals surface area (Å²) in [7, 11) is 0. The summed E-state index contributed by atoms with van der Waals surface area (Å²) in [6, 6.07) is 5.61. The predicted octanol–water partition coefficient (Wildman–Crippen LogP) is 2.38. The molecule has 0 radical (unpaired) electrons. The SMILES string of the molecule is NC(=O)Cc1cc(-c2ccc(Cl)cc2F)c(C=O)cn1. The Morgan fingerprint density at radius 1 is 1.35 bits per heavy atom. The maximum atomic E-state index is 13.9. The van der Waals surface area contributed by atoms with Crippen LogP contribution in [0.25, 0.3) is 11.1 Å². The van der Waals surface area contributed by atoms with Crippen molar-refractivity contribution >= 4 is 23.8 Å². The quantitative estimate of drug-likeness (QED) is 0.879. The fourth-order valence-corrected chi connectivity index (χ4v) is 1.98. The van der Waals surface area contributed by atoms with E-state index in [9.17, 15) is 14.0 Å². The van der Waals surface area contributed by atoms with Gasteiger partial charge in [0.25, 0.3) is 0 Å². The molecule has 0 atom stereocenters. The van der Waals surface area contributed by atoms with E-state index in [4.69, 9.17) is 17.3 Å². The Balaban J connectivity index is 2.57. The molecule has 102 valence electrons. The molecule has 1 aromatic heterocycles. The Bertz CT molecular complexity index is 689. The number of carbonyl (C=O) groups excluding carboxylic acids is 2. The number of benzene rings is 1. The molecule has 1 heterocycles.